The standard InChI is InChI=1S/C15H15FN6O3/c1-8-18-14(25-20-8)12-3-2-10(5-13(12)16)22-7-11(24-15(22)23)4-9-6-17-21-19-9/h2-3,5,9,11H,4,6-7H2,1H3,(H,17,19). The molecule has 10 heteroatoms. The number of hydrogen-bond donors (Lipinski definition) is 1. The lowest BCUT2D eigenvalue weighted by atomic mass is 10.1. The summed E-state index contributed by atoms with van der Waals surface area (Å²) in [6.45, 7) is 2.61. The van der Waals surface area contributed by atoms with E-state index >= 15 is 0 Å². The molecule has 1 saturated heterocycles. The van der Waals surface area contributed by atoms with Gasteiger partial charge in [-0.25, -0.2) is 9.18 Å². The largest absolute Gasteiger partial charge is 0.444 e. The van der Waals surface area contributed by atoms with Crippen molar-refractivity contribution in [2.24, 2.45) is 10.3 Å². The van der Waals surface area contributed by atoms with Gasteiger partial charge in [0.15, 0.2) is 5.82 Å². The minimum absolute atomic E-state index is 0.0161. The molecule has 0 radical (unpaired) electrons. The molecule has 2 aliphatic heterocycles. The van der Waals surface area contributed by atoms with Gasteiger partial charge in [0, 0.05) is 6.42 Å². The number of hydrogen-bond acceptors (Lipinski definition) is 8. The van der Waals surface area contributed by atoms with Crippen molar-refractivity contribution in [3.8, 4) is 11.5 Å². The molecule has 1 aromatic heterocycles. The fourth-order valence-corrected chi connectivity index (χ4v) is 2.85. The minimum atomic E-state index is -0.550. The third kappa shape index (κ3) is 3.02. The number of nitrogens with one attached hydrogen (secondary N) is 1. The van der Waals surface area contributed by atoms with Crippen molar-refractivity contribution in [1.82, 2.24) is 15.6 Å². The topological polar surface area (TPSA) is 105 Å². The van der Waals surface area contributed by atoms with Gasteiger partial charge in [-0.3, -0.25) is 10.3 Å². The predicted octanol–water partition coefficient (Wildman–Crippen LogP) is 2.24. The van der Waals surface area contributed by atoms with Crippen LogP contribution in [0.2, 0.25) is 0 Å². The predicted molar refractivity (Wildman–Crippen MR) is 83.3 cm³/mol. The van der Waals surface area contributed by atoms with E-state index in [0.29, 0.717) is 31.0 Å². The van der Waals surface area contributed by atoms with E-state index in [-0.39, 0.29) is 23.6 Å². The van der Waals surface area contributed by atoms with Gasteiger partial charge in [0.2, 0.25) is 0 Å². The molecular weight excluding hydrogens is 331 g/mol. The molecule has 2 unspecified atom stereocenters. The van der Waals surface area contributed by atoms with Gasteiger partial charge in [-0.2, -0.15) is 10.1 Å². The summed E-state index contributed by atoms with van der Waals surface area (Å²) in [5.74, 6) is -0.0308. The number of rotatable bonds is 4. The second kappa shape index (κ2) is 6.11. The smallest absolute Gasteiger partial charge is 0.414 e. The van der Waals surface area contributed by atoms with E-state index in [1.807, 2.05) is 0 Å². The van der Waals surface area contributed by atoms with Crippen molar-refractivity contribution in [2.75, 3.05) is 18.0 Å². The molecule has 2 aromatic rings. The molecule has 2 aliphatic rings. The van der Waals surface area contributed by atoms with Crippen LogP contribution in [0.5, 0.6) is 0 Å². The van der Waals surface area contributed by atoms with Crippen LogP contribution in [0.1, 0.15) is 12.2 Å². The average Bonchev–Trinajstić information content (AvgIpc) is 3.30. The van der Waals surface area contributed by atoms with Gasteiger partial charge < -0.3 is 9.26 Å². The maximum atomic E-state index is 14.4. The molecule has 4 rings (SSSR count). The Balaban J connectivity index is 1.50. The Hall–Kier alpha value is -3.04. The van der Waals surface area contributed by atoms with E-state index in [1.165, 1.54) is 17.0 Å². The van der Waals surface area contributed by atoms with Gasteiger partial charge in [-0.1, -0.05) is 10.4 Å². The van der Waals surface area contributed by atoms with Gasteiger partial charge in [0.05, 0.1) is 30.4 Å². The average molecular weight is 346 g/mol. The van der Waals surface area contributed by atoms with Crippen LogP contribution in [-0.2, 0) is 4.74 Å². The Morgan fingerprint density at radius 3 is 3.00 bits per heavy atom. The number of cyclic esters (lactones) is 1. The maximum Gasteiger partial charge on any atom is 0.414 e. The fraction of sp³-hybridized carbons (Fsp3) is 0.400. The summed E-state index contributed by atoms with van der Waals surface area (Å²) in [6.07, 6.45) is -0.244. The molecule has 0 spiro atoms. The maximum absolute atomic E-state index is 14.4. The van der Waals surface area contributed by atoms with Crippen LogP contribution >= 0.6 is 0 Å². The molecule has 2 atom stereocenters. The first-order valence-corrected chi connectivity index (χ1v) is 7.81. The van der Waals surface area contributed by atoms with Crippen molar-refractivity contribution < 1.29 is 18.4 Å². The molecule has 1 aromatic carbocycles. The molecular formula is C15H15FN6O3. The lowest BCUT2D eigenvalue weighted by molar-refractivity contribution is 0.133. The summed E-state index contributed by atoms with van der Waals surface area (Å²) in [5, 5.41) is 11.4. The van der Waals surface area contributed by atoms with Crippen LogP contribution in [0.15, 0.2) is 33.1 Å². The van der Waals surface area contributed by atoms with Gasteiger partial charge in [0.1, 0.15) is 11.9 Å². The highest BCUT2D eigenvalue weighted by Crippen LogP contribution is 2.29. The summed E-state index contributed by atoms with van der Waals surface area (Å²) in [6, 6.07) is 4.37. The van der Waals surface area contributed by atoms with Gasteiger partial charge in [0.25, 0.3) is 5.89 Å². The van der Waals surface area contributed by atoms with Gasteiger partial charge in [-0.15, -0.1) is 0 Å². The molecule has 1 amide bonds. The number of nitrogens with zero attached hydrogens (tertiary/aromatic N) is 5. The van der Waals surface area contributed by atoms with Crippen molar-refractivity contribution >= 4 is 11.8 Å². The van der Waals surface area contributed by atoms with Crippen LogP contribution in [0.25, 0.3) is 11.5 Å². The summed E-state index contributed by atoms with van der Waals surface area (Å²) in [4.78, 5) is 17.5. The molecule has 0 aliphatic carbocycles. The highest BCUT2D eigenvalue weighted by atomic mass is 19.1. The Kier molecular flexibility index (Phi) is 3.79. The zero-order chi connectivity index (χ0) is 17.4. The zero-order valence-corrected chi connectivity index (χ0v) is 13.3. The number of aryl methyl sites for hydroxylation is 1. The molecule has 1 fully saturated rings. The Morgan fingerprint density at radius 2 is 2.32 bits per heavy atom. The molecule has 0 saturated carbocycles. The molecule has 130 valence electrons. The van der Waals surface area contributed by atoms with Gasteiger partial charge in [-0.05, 0) is 25.1 Å². The quantitative estimate of drug-likeness (QED) is 0.910. The molecule has 3 heterocycles. The first kappa shape index (κ1) is 15.5. The summed E-state index contributed by atoms with van der Waals surface area (Å²) in [5.41, 5.74) is 3.37. The van der Waals surface area contributed by atoms with Crippen LogP contribution in [0, 0.1) is 12.7 Å². The SMILES string of the molecule is Cc1noc(-c2ccc(N3CC(CC4CNN=N4)OC3=O)cc2F)n1. The van der Waals surface area contributed by atoms with E-state index < -0.39 is 11.9 Å². The number of benzene rings is 1. The number of ether oxygens (including phenoxy) is 1. The number of amides is 1. The van der Waals surface area contributed by atoms with Crippen LogP contribution < -0.4 is 10.3 Å². The normalized spacial score (nSPS) is 22.3. The van der Waals surface area contributed by atoms with Crippen molar-refractivity contribution in [2.45, 2.75) is 25.5 Å². The highest BCUT2D eigenvalue weighted by molar-refractivity contribution is 5.90. The Morgan fingerprint density at radius 1 is 1.44 bits per heavy atom. The van der Waals surface area contributed by atoms with Gasteiger partial charge >= 0.3 is 6.09 Å². The minimum Gasteiger partial charge on any atom is -0.444 e. The van der Waals surface area contributed by atoms with Crippen molar-refractivity contribution in [3.63, 3.8) is 0 Å². The monoisotopic (exact) mass is 346 g/mol. The zero-order valence-electron chi connectivity index (χ0n) is 13.3. The van der Waals surface area contributed by atoms with E-state index in [9.17, 15) is 9.18 Å². The number of carbonyl (C=O) groups is 1. The highest BCUT2D eigenvalue weighted by Gasteiger charge is 2.35. The number of anilines is 1. The Bertz CT molecular complexity index is 838. The van der Waals surface area contributed by atoms with E-state index in [4.69, 9.17) is 9.26 Å². The van der Waals surface area contributed by atoms with Crippen LogP contribution in [0.3, 0.4) is 0 Å². The second-order valence-electron chi connectivity index (χ2n) is 5.89. The Labute approximate surface area is 141 Å². The molecule has 1 N–H and O–H groups in total. The van der Waals surface area contributed by atoms with E-state index in [1.54, 1.807) is 13.0 Å². The number of carbonyl (C=O) groups excluding carboxylic acids is 1. The summed E-state index contributed by atoms with van der Waals surface area (Å²) >= 11 is 0. The lowest BCUT2D eigenvalue weighted by Gasteiger charge is -2.14. The first-order valence-electron chi connectivity index (χ1n) is 7.81. The van der Waals surface area contributed by atoms with Crippen LogP contribution in [-0.4, -0.2) is 41.5 Å². The third-order valence-electron chi connectivity index (χ3n) is 4.05. The third-order valence-corrected chi connectivity index (χ3v) is 4.05. The number of halogens is 1. The summed E-state index contributed by atoms with van der Waals surface area (Å²) in [7, 11) is 0. The molecule has 9 nitrogen and oxygen atoms in total. The fourth-order valence-electron chi connectivity index (χ4n) is 2.85. The van der Waals surface area contributed by atoms with E-state index in [0.717, 1.165) is 0 Å². The lowest BCUT2D eigenvalue weighted by Crippen LogP contribution is -2.26. The molecule has 0 bridgehead atoms. The number of aromatic nitrogens is 2. The first-order chi connectivity index (χ1) is 12.1. The van der Waals surface area contributed by atoms with Crippen molar-refractivity contribution in [3.05, 3.63) is 29.8 Å². The summed E-state index contributed by atoms with van der Waals surface area (Å²) < 4.78 is 24.7. The van der Waals surface area contributed by atoms with Crippen LogP contribution in [0.4, 0.5) is 14.9 Å². The second-order valence-corrected chi connectivity index (χ2v) is 5.89. The van der Waals surface area contributed by atoms with Crippen molar-refractivity contribution in [1.29, 1.82) is 0 Å². The van der Waals surface area contributed by atoms with E-state index in [2.05, 4.69) is 25.9 Å². The molecule has 25 heavy (non-hydrogen) atoms.